The first kappa shape index (κ1) is 28.9. The number of carbonyl (C=O) groups is 2. The van der Waals surface area contributed by atoms with E-state index in [4.69, 9.17) is 0 Å². The Labute approximate surface area is 235 Å². The van der Waals surface area contributed by atoms with Gasteiger partial charge in [0.25, 0.3) is 10.0 Å². The normalized spacial score (nSPS) is 15.0. The molecule has 1 fully saturated rings. The highest BCUT2D eigenvalue weighted by atomic mass is 32.2. The third-order valence-electron chi connectivity index (χ3n) is 7.30. The Balaban J connectivity index is 1.49. The Morgan fingerprint density at radius 1 is 1.13 bits per heavy atom. The number of hydrogen-bond donors (Lipinski definition) is 2. The lowest BCUT2D eigenvalue weighted by Crippen LogP contribution is -2.41. The molecule has 4 rings (SSSR count). The van der Waals surface area contributed by atoms with Crippen LogP contribution in [0.15, 0.2) is 64.6 Å². The van der Waals surface area contributed by atoms with Gasteiger partial charge in [-0.25, -0.2) is 22.9 Å². The molecule has 0 spiro atoms. The molecule has 0 bridgehead atoms. The molecule has 1 aliphatic carbocycles. The van der Waals surface area contributed by atoms with Gasteiger partial charge in [0.15, 0.2) is 5.62 Å². The van der Waals surface area contributed by atoms with E-state index in [0.29, 0.717) is 29.6 Å². The predicted octanol–water partition coefficient (Wildman–Crippen LogP) is 5.96. The first-order chi connectivity index (χ1) is 18.8. The van der Waals surface area contributed by atoms with Crippen LogP contribution in [-0.2, 0) is 21.4 Å². The van der Waals surface area contributed by atoms with E-state index in [1.54, 1.807) is 18.2 Å². The molecule has 8 nitrogen and oxygen atoms in total. The van der Waals surface area contributed by atoms with Gasteiger partial charge in [0, 0.05) is 30.8 Å². The molecule has 2 aromatic carbocycles. The van der Waals surface area contributed by atoms with Crippen molar-refractivity contribution in [1.82, 2.24) is 19.6 Å². The highest BCUT2D eigenvalue weighted by Gasteiger charge is 2.23. The van der Waals surface area contributed by atoms with Crippen molar-refractivity contribution in [3.63, 3.8) is 0 Å². The molecule has 10 heteroatoms. The van der Waals surface area contributed by atoms with E-state index in [-0.39, 0.29) is 10.8 Å². The zero-order valence-electron chi connectivity index (χ0n) is 22.4. The fourth-order valence-electron chi connectivity index (χ4n) is 4.98. The number of benzene rings is 2. The Morgan fingerprint density at radius 2 is 1.85 bits per heavy atom. The van der Waals surface area contributed by atoms with Crippen LogP contribution in [0.1, 0.15) is 69.7 Å². The van der Waals surface area contributed by atoms with Crippen LogP contribution in [0.4, 0.5) is 4.79 Å². The second-order valence-corrected chi connectivity index (χ2v) is 12.6. The number of aromatic nitrogens is 2. The molecule has 2 amide bonds. The second kappa shape index (κ2) is 13.3. The van der Waals surface area contributed by atoms with E-state index >= 15 is 0 Å². The maximum absolute atomic E-state index is 13.2. The highest BCUT2D eigenvalue weighted by Crippen LogP contribution is 2.29. The largest absolute Gasteiger partial charge is 0.337 e. The number of rotatable bonds is 11. The lowest BCUT2D eigenvalue weighted by molar-refractivity contribution is 0.241. The first-order valence-electron chi connectivity index (χ1n) is 13.5. The van der Waals surface area contributed by atoms with Gasteiger partial charge in [-0.15, -0.1) is 0 Å². The molecule has 1 atom stereocenters. The number of nitrogens with one attached hydrogen (secondary N) is 2. The van der Waals surface area contributed by atoms with Crippen molar-refractivity contribution in [3.05, 3.63) is 66.1 Å². The summed E-state index contributed by atoms with van der Waals surface area (Å²) in [5.74, 6) is 1.57. The number of amides is 2. The fraction of sp³-hybridized carbons (Fsp3) is 0.414. The summed E-state index contributed by atoms with van der Waals surface area (Å²) in [7, 11) is -4.08. The molecule has 1 heterocycles. The summed E-state index contributed by atoms with van der Waals surface area (Å²) in [5.41, 5.74) is 3.04. The Bertz CT molecular complexity index is 1380. The maximum atomic E-state index is 13.2. The molecule has 0 saturated heterocycles. The molecule has 208 valence electrons. The smallest absolute Gasteiger partial charge is 0.328 e. The van der Waals surface area contributed by atoms with Gasteiger partial charge in [-0.1, -0.05) is 75.6 Å². The van der Waals surface area contributed by atoms with Crippen LogP contribution < -0.4 is 10.0 Å². The minimum absolute atomic E-state index is 0.0507. The van der Waals surface area contributed by atoms with Crippen LogP contribution in [-0.4, -0.2) is 36.2 Å². The van der Waals surface area contributed by atoms with Crippen LogP contribution in [0.25, 0.3) is 11.1 Å². The number of thioether (sulfide) groups is 1. The first-order valence-corrected chi connectivity index (χ1v) is 15.8. The Morgan fingerprint density at radius 3 is 2.54 bits per heavy atom. The molecule has 0 radical (unpaired) electrons. The summed E-state index contributed by atoms with van der Waals surface area (Å²) >= 11 is 1.06. The van der Waals surface area contributed by atoms with Gasteiger partial charge in [-0.3, -0.25) is 4.79 Å². The molecule has 0 aliphatic heterocycles. The summed E-state index contributed by atoms with van der Waals surface area (Å²) in [6.07, 6.45) is 8.47. The molecule has 1 aliphatic rings. The number of carbonyl (C=O) groups excluding carboxylic acids is 2. The zero-order valence-corrected chi connectivity index (χ0v) is 24.1. The van der Waals surface area contributed by atoms with E-state index in [1.165, 1.54) is 12.5 Å². The molecule has 39 heavy (non-hydrogen) atoms. The quantitative estimate of drug-likeness (QED) is 0.218. The van der Waals surface area contributed by atoms with E-state index in [0.717, 1.165) is 66.4 Å². The van der Waals surface area contributed by atoms with Crippen molar-refractivity contribution in [2.45, 2.75) is 74.8 Å². The lowest BCUT2D eigenvalue weighted by atomic mass is 9.89. The molecule has 3 aromatic rings. The Kier molecular flexibility index (Phi) is 9.85. The van der Waals surface area contributed by atoms with Crippen LogP contribution in [0.5, 0.6) is 0 Å². The maximum Gasteiger partial charge on any atom is 0.328 e. The topological polar surface area (TPSA) is 110 Å². The summed E-state index contributed by atoms with van der Waals surface area (Å²) in [6, 6.07) is 13.7. The van der Waals surface area contributed by atoms with Gasteiger partial charge in [0.05, 0.1) is 4.90 Å². The fourth-order valence-corrected chi connectivity index (χ4v) is 6.57. The summed E-state index contributed by atoms with van der Waals surface area (Å²) < 4.78 is 30.6. The number of urea groups is 1. The minimum Gasteiger partial charge on any atom is -0.337 e. The van der Waals surface area contributed by atoms with Gasteiger partial charge in [-0.2, -0.15) is 0 Å². The monoisotopic (exact) mass is 568 g/mol. The van der Waals surface area contributed by atoms with E-state index < -0.39 is 16.1 Å². The van der Waals surface area contributed by atoms with Crippen LogP contribution >= 0.6 is 11.8 Å². The minimum atomic E-state index is -4.08. The Hall–Kier alpha value is -3.11. The molecule has 1 aromatic heterocycles. The van der Waals surface area contributed by atoms with Gasteiger partial charge < -0.3 is 9.88 Å². The van der Waals surface area contributed by atoms with Crippen molar-refractivity contribution in [2.24, 2.45) is 5.92 Å². The van der Waals surface area contributed by atoms with Gasteiger partial charge in [-0.05, 0) is 54.1 Å². The van der Waals surface area contributed by atoms with E-state index in [9.17, 15) is 18.0 Å². The number of hydrogen-bond acceptors (Lipinski definition) is 6. The van der Waals surface area contributed by atoms with Crippen molar-refractivity contribution >= 4 is 33.4 Å². The van der Waals surface area contributed by atoms with Crippen molar-refractivity contribution < 1.29 is 18.0 Å². The number of nitrogens with zero attached hydrogens (tertiary/aromatic N) is 2. The standard InChI is InChI=1S/C29H36N4O4S2/c1-3-21(2)28-31-27(38-20-34)19-33(28)18-23-13-15-24(16-14-23)25-11-7-8-12-26(25)39(36,37)32-29(35)30-17-22-9-5-4-6-10-22/h7-8,11-16,19-22H,3-6,9-10,17-18H2,1-2H3,(H2,30,32,35). The zero-order chi connectivity index (χ0) is 27.8. The van der Waals surface area contributed by atoms with Crippen molar-refractivity contribution in [3.8, 4) is 11.1 Å². The summed E-state index contributed by atoms with van der Waals surface area (Å²) in [4.78, 5) is 28.1. The summed E-state index contributed by atoms with van der Waals surface area (Å²) in [6.45, 7) is 5.27. The van der Waals surface area contributed by atoms with Gasteiger partial charge in [0.1, 0.15) is 10.9 Å². The van der Waals surface area contributed by atoms with Crippen LogP contribution in [0.3, 0.4) is 0 Å². The lowest BCUT2D eigenvalue weighted by Gasteiger charge is -2.21. The molecular weight excluding hydrogens is 532 g/mol. The van der Waals surface area contributed by atoms with Crippen molar-refractivity contribution in [2.75, 3.05) is 6.54 Å². The van der Waals surface area contributed by atoms with Crippen LogP contribution in [0, 0.1) is 5.92 Å². The average molecular weight is 569 g/mol. The van der Waals surface area contributed by atoms with Crippen molar-refractivity contribution in [1.29, 1.82) is 0 Å². The third-order valence-corrected chi connectivity index (χ3v) is 9.23. The van der Waals surface area contributed by atoms with Crippen LogP contribution in [0.2, 0.25) is 0 Å². The molecule has 1 saturated carbocycles. The summed E-state index contributed by atoms with van der Waals surface area (Å²) in [5, 5.41) is 3.41. The highest BCUT2D eigenvalue weighted by molar-refractivity contribution is 8.11. The second-order valence-electron chi connectivity index (χ2n) is 10.1. The van der Waals surface area contributed by atoms with Gasteiger partial charge >= 0.3 is 6.03 Å². The SMILES string of the molecule is CCC(C)c1nc(SC=O)cn1Cc1ccc(-c2ccccc2S(=O)(=O)NC(=O)NCC2CCCCC2)cc1. The van der Waals surface area contributed by atoms with E-state index in [2.05, 4.69) is 33.4 Å². The predicted molar refractivity (Wildman–Crippen MR) is 155 cm³/mol. The van der Waals surface area contributed by atoms with Gasteiger partial charge in [0.2, 0.25) is 0 Å². The average Bonchev–Trinajstić information content (AvgIpc) is 3.34. The van der Waals surface area contributed by atoms with E-state index in [1.807, 2.05) is 30.5 Å². The number of imidazole rings is 1. The number of sulfonamides is 1. The molecule has 1 unspecified atom stereocenters. The molecular formula is C29H36N4O4S2. The molecule has 2 N–H and O–H groups in total. The third kappa shape index (κ3) is 7.51.